The molecule has 0 saturated heterocycles. The van der Waals surface area contributed by atoms with Crippen LogP contribution in [0.4, 0.5) is 13.2 Å². The maximum absolute atomic E-state index is 12.6. The van der Waals surface area contributed by atoms with Gasteiger partial charge in [0.25, 0.3) is 0 Å². The standard InChI is InChI=1S/C16H13F3NO2/c1-21-15-7-3-4-12(9-15)10-20-22-11-13-5-2-6-14(8-13)16(17,18)19/h2-9H,11H2,1H3. The van der Waals surface area contributed by atoms with Crippen molar-refractivity contribution in [3.63, 3.8) is 0 Å². The van der Waals surface area contributed by atoms with Gasteiger partial charge in [0.2, 0.25) is 0 Å². The molecule has 22 heavy (non-hydrogen) atoms. The minimum absolute atomic E-state index is 0.0686. The third kappa shape index (κ3) is 4.51. The van der Waals surface area contributed by atoms with Gasteiger partial charge in [-0.05, 0) is 29.8 Å². The average Bonchev–Trinajstić information content (AvgIpc) is 2.51. The quantitative estimate of drug-likeness (QED) is 0.614. The molecule has 0 amide bonds. The lowest BCUT2D eigenvalue weighted by atomic mass is 10.1. The molecule has 115 valence electrons. The minimum Gasteiger partial charge on any atom is -0.497 e. The summed E-state index contributed by atoms with van der Waals surface area (Å²) in [5.41, 5.74) is 0.309. The Morgan fingerprint density at radius 1 is 1.09 bits per heavy atom. The van der Waals surface area contributed by atoms with Crippen molar-refractivity contribution >= 4 is 6.21 Å². The first-order valence-electron chi connectivity index (χ1n) is 6.37. The van der Waals surface area contributed by atoms with Crippen molar-refractivity contribution in [3.8, 4) is 5.75 Å². The van der Waals surface area contributed by atoms with E-state index in [-0.39, 0.29) is 6.61 Å². The predicted molar refractivity (Wildman–Crippen MR) is 75.8 cm³/mol. The fourth-order valence-electron chi connectivity index (χ4n) is 1.72. The molecule has 0 N–H and O–H groups in total. The lowest BCUT2D eigenvalue weighted by Gasteiger charge is -2.07. The van der Waals surface area contributed by atoms with Gasteiger partial charge in [0, 0.05) is 5.56 Å². The Balaban J connectivity index is 1.94. The van der Waals surface area contributed by atoms with E-state index in [1.165, 1.54) is 12.1 Å². The van der Waals surface area contributed by atoms with E-state index in [9.17, 15) is 13.2 Å². The Bertz CT molecular complexity index is 654. The summed E-state index contributed by atoms with van der Waals surface area (Å²) in [5.74, 6) is 0.651. The highest BCUT2D eigenvalue weighted by Gasteiger charge is 2.30. The van der Waals surface area contributed by atoms with Crippen LogP contribution in [0.15, 0.2) is 53.7 Å². The number of nitrogens with zero attached hydrogens (tertiary/aromatic N) is 1. The first-order valence-corrected chi connectivity index (χ1v) is 6.37. The van der Waals surface area contributed by atoms with E-state index in [2.05, 4.69) is 11.4 Å². The van der Waals surface area contributed by atoms with Crippen molar-refractivity contribution < 1.29 is 22.7 Å². The number of hydrogen-bond acceptors (Lipinski definition) is 3. The second kappa shape index (κ2) is 6.98. The van der Waals surface area contributed by atoms with E-state index in [4.69, 9.17) is 9.57 Å². The van der Waals surface area contributed by atoms with E-state index in [1.807, 2.05) is 0 Å². The molecule has 0 aliphatic carbocycles. The van der Waals surface area contributed by atoms with E-state index >= 15 is 0 Å². The van der Waals surface area contributed by atoms with Crippen molar-refractivity contribution in [1.82, 2.24) is 0 Å². The zero-order valence-electron chi connectivity index (χ0n) is 11.7. The molecular weight excluding hydrogens is 295 g/mol. The number of methoxy groups -OCH3 is 1. The SMILES string of the molecule is COc1cccc(/[C]=N\OCc2cccc(C(F)(F)F)c2)c1. The normalized spacial score (nSPS) is 11.6. The number of rotatable bonds is 5. The molecule has 0 atom stereocenters. The number of alkyl halides is 3. The molecule has 0 aliphatic heterocycles. The van der Waals surface area contributed by atoms with Gasteiger partial charge in [-0.15, -0.1) is 0 Å². The van der Waals surface area contributed by atoms with Crippen LogP contribution in [0.1, 0.15) is 16.7 Å². The van der Waals surface area contributed by atoms with Crippen LogP contribution in [-0.4, -0.2) is 13.3 Å². The van der Waals surface area contributed by atoms with Gasteiger partial charge in [0.05, 0.1) is 12.7 Å². The molecule has 0 aliphatic rings. The van der Waals surface area contributed by atoms with Gasteiger partial charge < -0.3 is 9.57 Å². The zero-order valence-corrected chi connectivity index (χ0v) is 11.7. The molecule has 0 spiro atoms. The van der Waals surface area contributed by atoms with Crippen LogP contribution in [0.2, 0.25) is 0 Å². The Kier molecular flexibility index (Phi) is 5.04. The maximum atomic E-state index is 12.6. The molecule has 0 saturated carbocycles. The molecule has 0 unspecified atom stereocenters. The lowest BCUT2D eigenvalue weighted by molar-refractivity contribution is -0.137. The van der Waals surface area contributed by atoms with Crippen molar-refractivity contribution in [2.45, 2.75) is 12.8 Å². The summed E-state index contributed by atoms with van der Waals surface area (Å²) < 4.78 is 42.7. The van der Waals surface area contributed by atoms with Crippen molar-refractivity contribution in [1.29, 1.82) is 0 Å². The Morgan fingerprint density at radius 2 is 1.86 bits per heavy atom. The van der Waals surface area contributed by atoms with Crippen LogP contribution >= 0.6 is 0 Å². The number of benzene rings is 2. The monoisotopic (exact) mass is 308 g/mol. The number of halogens is 3. The molecule has 2 aromatic rings. The molecule has 0 fully saturated rings. The van der Waals surface area contributed by atoms with Gasteiger partial charge >= 0.3 is 6.18 Å². The Labute approximate surface area is 126 Å². The average molecular weight is 308 g/mol. The fraction of sp³-hybridized carbons (Fsp3) is 0.188. The smallest absolute Gasteiger partial charge is 0.416 e. The molecular formula is C16H13F3NO2. The highest BCUT2D eigenvalue weighted by molar-refractivity contribution is 5.79. The van der Waals surface area contributed by atoms with Gasteiger partial charge in [-0.1, -0.05) is 29.4 Å². The summed E-state index contributed by atoms with van der Waals surface area (Å²) in [6.45, 7) is -0.0686. The Hall–Kier alpha value is -2.50. The van der Waals surface area contributed by atoms with Crippen LogP contribution < -0.4 is 4.74 Å². The third-order valence-electron chi connectivity index (χ3n) is 2.79. The van der Waals surface area contributed by atoms with Gasteiger partial charge in [-0.25, -0.2) is 0 Å². The predicted octanol–water partition coefficient (Wildman–Crippen LogP) is 4.14. The van der Waals surface area contributed by atoms with Crippen LogP contribution in [0.5, 0.6) is 5.75 Å². The van der Waals surface area contributed by atoms with Gasteiger partial charge in [0.1, 0.15) is 18.6 Å². The highest BCUT2D eigenvalue weighted by atomic mass is 19.4. The largest absolute Gasteiger partial charge is 0.497 e. The van der Waals surface area contributed by atoms with E-state index in [0.29, 0.717) is 16.9 Å². The molecule has 2 aromatic carbocycles. The van der Waals surface area contributed by atoms with Crippen molar-refractivity contribution in [3.05, 3.63) is 65.2 Å². The van der Waals surface area contributed by atoms with Crippen LogP contribution in [-0.2, 0) is 17.6 Å². The van der Waals surface area contributed by atoms with Crippen LogP contribution in [0.3, 0.4) is 0 Å². The molecule has 6 heteroatoms. The van der Waals surface area contributed by atoms with E-state index in [1.54, 1.807) is 31.4 Å². The van der Waals surface area contributed by atoms with E-state index < -0.39 is 11.7 Å². The summed E-state index contributed by atoms with van der Waals surface area (Å²) in [6, 6.07) is 11.9. The zero-order chi connectivity index (χ0) is 16.0. The maximum Gasteiger partial charge on any atom is 0.416 e. The summed E-state index contributed by atoms with van der Waals surface area (Å²) >= 11 is 0. The lowest BCUT2D eigenvalue weighted by Crippen LogP contribution is -2.05. The third-order valence-corrected chi connectivity index (χ3v) is 2.79. The summed E-state index contributed by atoms with van der Waals surface area (Å²) in [7, 11) is 1.54. The van der Waals surface area contributed by atoms with Crippen LogP contribution in [0.25, 0.3) is 0 Å². The Morgan fingerprint density at radius 3 is 2.59 bits per heavy atom. The summed E-state index contributed by atoms with van der Waals surface area (Å²) in [6.07, 6.45) is -1.73. The summed E-state index contributed by atoms with van der Waals surface area (Å²) in [5, 5.41) is 3.62. The second-order valence-electron chi connectivity index (χ2n) is 4.41. The first kappa shape index (κ1) is 15.9. The second-order valence-corrected chi connectivity index (χ2v) is 4.41. The number of hydrogen-bond donors (Lipinski definition) is 0. The molecule has 0 aromatic heterocycles. The fourth-order valence-corrected chi connectivity index (χ4v) is 1.72. The molecule has 3 nitrogen and oxygen atoms in total. The minimum atomic E-state index is -4.37. The molecule has 1 radical (unpaired) electrons. The van der Waals surface area contributed by atoms with Crippen LogP contribution in [0, 0.1) is 0 Å². The van der Waals surface area contributed by atoms with Crippen molar-refractivity contribution in [2.75, 3.05) is 7.11 Å². The summed E-state index contributed by atoms with van der Waals surface area (Å²) in [4.78, 5) is 4.97. The molecule has 0 heterocycles. The first-order chi connectivity index (χ1) is 10.5. The highest BCUT2D eigenvalue weighted by Crippen LogP contribution is 2.29. The number of ether oxygens (including phenoxy) is 1. The molecule has 2 rings (SSSR count). The van der Waals surface area contributed by atoms with E-state index in [0.717, 1.165) is 12.1 Å². The van der Waals surface area contributed by atoms with Gasteiger partial charge in [-0.2, -0.15) is 13.2 Å². The molecule has 0 bridgehead atoms. The van der Waals surface area contributed by atoms with Gasteiger partial charge in [-0.3, -0.25) is 0 Å². The van der Waals surface area contributed by atoms with Gasteiger partial charge in [0.15, 0.2) is 0 Å². The van der Waals surface area contributed by atoms with Crippen molar-refractivity contribution in [2.24, 2.45) is 5.16 Å². The topological polar surface area (TPSA) is 30.8 Å².